The molecule has 8 heteroatoms. The fraction of sp³-hybridized carbons (Fsp3) is 0.471. The first-order valence-electron chi connectivity index (χ1n) is 8.16. The average molecular weight is 346 g/mol. The minimum Gasteiger partial charge on any atom is -0.493 e. The number of hydrogen-bond donors (Lipinski definition) is 1. The van der Waals surface area contributed by atoms with E-state index >= 15 is 0 Å². The zero-order valence-electron chi connectivity index (χ0n) is 14.6. The first-order valence-corrected chi connectivity index (χ1v) is 8.16. The highest BCUT2D eigenvalue weighted by Gasteiger charge is 2.31. The Morgan fingerprint density at radius 2 is 2.12 bits per heavy atom. The molecule has 0 saturated carbocycles. The van der Waals surface area contributed by atoms with Crippen LogP contribution in [0.2, 0.25) is 0 Å². The molecule has 1 fully saturated rings. The summed E-state index contributed by atoms with van der Waals surface area (Å²) in [6, 6.07) is 5.27. The van der Waals surface area contributed by atoms with Crippen LogP contribution >= 0.6 is 0 Å². The molecule has 0 spiro atoms. The van der Waals surface area contributed by atoms with Gasteiger partial charge < -0.3 is 19.2 Å². The Labute approximate surface area is 146 Å². The largest absolute Gasteiger partial charge is 0.493 e. The highest BCUT2D eigenvalue weighted by Crippen LogP contribution is 2.32. The van der Waals surface area contributed by atoms with Gasteiger partial charge in [0.05, 0.1) is 26.8 Å². The fourth-order valence-corrected chi connectivity index (χ4v) is 3.04. The molecule has 25 heavy (non-hydrogen) atoms. The van der Waals surface area contributed by atoms with Gasteiger partial charge in [-0.2, -0.15) is 0 Å². The molecular weight excluding hydrogens is 324 g/mol. The van der Waals surface area contributed by atoms with Crippen LogP contribution in [0.1, 0.15) is 30.7 Å². The number of nitrogens with zero attached hydrogens (tertiary/aromatic N) is 3. The number of ether oxygens (including phenoxy) is 2. The number of hydrogen-bond acceptors (Lipinski definition) is 7. The van der Waals surface area contributed by atoms with E-state index in [1.165, 1.54) is 0 Å². The molecule has 1 unspecified atom stereocenters. The number of aromatic nitrogens is 2. The smallest absolute Gasteiger partial charge is 0.238 e. The number of rotatable bonds is 6. The summed E-state index contributed by atoms with van der Waals surface area (Å²) in [5.41, 5.74) is 0.659. The average Bonchev–Trinajstić information content (AvgIpc) is 3.23. The number of carbonyl (C=O) groups is 1. The number of aryl methyl sites for hydroxylation is 1. The van der Waals surface area contributed by atoms with Crippen molar-refractivity contribution in [1.29, 1.82) is 0 Å². The third-order valence-corrected chi connectivity index (χ3v) is 4.20. The number of methoxy groups -OCH3 is 2. The van der Waals surface area contributed by atoms with E-state index in [4.69, 9.17) is 13.9 Å². The molecule has 8 nitrogen and oxygen atoms in total. The van der Waals surface area contributed by atoms with Gasteiger partial charge in [0, 0.05) is 18.7 Å². The van der Waals surface area contributed by atoms with Crippen LogP contribution in [0.4, 0.5) is 5.69 Å². The predicted octanol–water partition coefficient (Wildman–Crippen LogP) is 2.17. The molecule has 1 N–H and O–H groups in total. The van der Waals surface area contributed by atoms with Gasteiger partial charge in [-0.05, 0) is 31.5 Å². The molecule has 0 bridgehead atoms. The third-order valence-electron chi connectivity index (χ3n) is 4.20. The Hall–Kier alpha value is -2.61. The lowest BCUT2D eigenvalue weighted by atomic mass is 10.2. The molecular formula is C17H22N4O4. The normalized spacial score (nSPS) is 17.5. The molecule has 0 aliphatic carbocycles. The molecule has 2 heterocycles. The maximum atomic E-state index is 12.4. The van der Waals surface area contributed by atoms with E-state index in [0.29, 0.717) is 29.0 Å². The van der Waals surface area contributed by atoms with Crippen molar-refractivity contribution in [2.45, 2.75) is 25.8 Å². The van der Waals surface area contributed by atoms with Gasteiger partial charge in [-0.15, -0.1) is 10.2 Å². The number of anilines is 1. The molecule has 1 aromatic carbocycles. The van der Waals surface area contributed by atoms with Crippen LogP contribution in [0.15, 0.2) is 22.6 Å². The van der Waals surface area contributed by atoms with Crippen molar-refractivity contribution >= 4 is 11.6 Å². The number of amides is 1. The molecule has 3 rings (SSSR count). The van der Waals surface area contributed by atoms with Crippen LogP contribution < -0.4 is 14.8 Å². The third kappa shape index (κ3) is 3.90. The minimum atomic E-state index is -0.102. The SMILES string of the molecule is COc1ccc(NC(=O)CN2CCCC2c2nnc(C)o2)cc1OC. The second kappa shape index (κ2) is 7.52. The van der Waals surface area contributed by atoms with Crippen LogP contribution in [-0.2, 0) is 4.79 Å². The van der Waals surface area contributed by atoms with Crippen molar-refractivity contribution in [3.8, 4) is 11.5 Å². The van der Waals surface area contributed by atoms with E-state index in [1.54, 1.807) is 39.3 Å². The van der Waals surface area contributed by atoms with Crippen LogP contribution in [0.25, 0.3) is 0 Å². The van der Waals surface area contributed by atoms with Gasteiger partial charge in [-0.25, -0.2) is 0 Å². The van der Waals surface area contributed by atoms with Crippen LogP contribution in [-0.4, -0.2) is 48.3 Å². The van der Waals surface area contributed by atoms with Crippen LogP contribution in [0.5, 0.6) is 11.5 Å². The Bertz CT molecular complexity index is 746. The summed E-state index contributed by atoms with van der Waals surface area (Å²) in [6.07, 6.45) is 1.90. The summed E-state index contributed by atoms with van der Waals surface area (Å²) in [6.45, 7) is 2.85. The molecule has 1 amide bonds. The molecule has 1 atom stereocenters. The van der Waals surface area contributed by atoms with Gasteiger partial charge in [0.25, 0.3) is 0 Å². The highest BCUT2D eigenvalue weighted by molar-refractivity contribution is 5.92. The van der Waals surface area contributed by atoms with Crippen molar-refractivity contribution in [2.24, 2.45) is 0 Å². The number of nitrogens with one attached hydrogen (secondary N) is 1. The van der Waals surface area contributed by atoms with Crippen molar-refractivity contribution in [1.82, 2.24) is 15.1 Å². The van der Waals surface area contributed by atoms with E-state index in [-0.39, 0.29) is 18.5 Å². The molecule has 1 aliphatic rings. The number of benzene rings is 1. The lowest BCUT2D eigenvalue weighted by Gasteiger charge is -2.21. The van der Waals surface area contributed by atoms with Gasteiger partial charge in [0.2, 0.25) is 17.7 Å². The molecule has 1 saturated heterocycles. The predicted molar refractivity (Wildman–Crippen MR) is 90.8 cm³/mol. The Morgan fingerprint density at radius 1 is 1.32 bits per heavy atom. The molecule has 2 aromatic rings. The summed E-state index contributed by atoms with van der Waals surface area (Å²) in [4.78, 5) is 14.5. The van der Waals surface area contributed by atoms with Gasteiger partial charge in [0.1, 0.15) is 0 Å². The van der Waals surface area contributed by atoms with Crippen molar-refractivity contribution < 1.29 is 18.7 Å². The Kier molecular flexibility index (Phi) is 5.18. The topological polar surface area (TPSA) is 89.7 Å². The zero-order valence-corrected chi connectivity index (χ0v) is 14.6. The monoisotopic (exact) mass is 346 g/mol. The maximum absolute atomic E-state index is 12.4. The summed E-state index contributed by atoms with van der Waals surface area (Å²) in [5.74, 6) is 2.20. The van der Waals surface area contributed by atoms with Crippen LogP contribution in [0.3, 0.4) is 0 Å². The lowest BCUT2D eigenvalue weighted by Crippen LogP contribution is -2.33. The standard InChI is InChI=1S/C17H22N4O4/c1-11-19-20-17(25-11)13-5-4-8-21(13)10-16(22)18-12-6-7-14(23-2)15(9-12)24-3/h6-7,9,13H,4-5,8,10H2,1-3H3,(H,18,22). The van der Waals surface area contributed by atoms with Gasteiger partial charge in [0.15, 0.2) is 11.5 Å². The Balaban J connectivity index is 1.64. The van der Waals surface area contributed by atoms with E-state index < -0.39 is 0 Å². The summed E-state index contributed by atoms with van der Waals surface area (Å²) >= 11 is 0. The maximum Gasteiger partial charge on any atom is 0.238 e. The van der Waals surface area contributed by atoms with E-state index in [1.807, 2.05) is 0 Å². The first-order chi connectivity index (χ1) is 12.1. The molecule has 1 aliphatic heterocycles. The number of likely N-dealkylation sites (tertiary alicyclic amines) is 1. The van der Waals surface area contributed by atoms with Gasteiger partial charge in [-0.3, -0.25) is 9.69 Å². The lowest BCUT2D eigenvalue weighted by molar-refractivity contribution is -0.117. The minimum absolute atomic E-state index is 0.00245. The molecule has 0 radical (unpaired) electrons. The summed E-state index contributed by atoms with van der Waals surface area (Å²) in [7, 11) is 3.13. The van der Waals surface area contributed by atoms with E-state index in [0.717, 1.165) is 19.4 Å². The van der Waals surface area contributed by atoms with Gasteiger partial charge in [-0.1, -0.05) is 0 Å². The van der Waals surface area contributed by atoms with Crippen molar-refractivity contribution in [3.63, 3.8) is 0 Å². The van der Waals surface area contributed by atoms with Crippen molar-refractivity contribution in [3.05, 3.63) is 30.0 Å². The van der Waals surface area contributed by atoms with E-state index in [9.17, 15) is 4.79 Å². The highest BCUT2D eigenvalue weighted by atomic mass is 16.5. The number of carbonyl (C=O) groups excluding carboxylic acids is 1. The summed E-state index contributed by atoms with van der Waals surface area (Å²) in [5, 5.41) is 10.9. The molecule has 1 aromatic heterocycles. The quantitative estimate of drug-likeness (QED) is 0.857. The first kappa shape index (κ1) is 17.2. The Morgan fingerprint density at radius 3 is 2.80 bits per heavy atom. The molecule has 134 valence electrons. The van der Waals surface area contributed by atoms with Gasteiger partial charge >= 0.3 is 0 Å². The summed E-state index contributed by atoms with van der Waals surface area (Å²) < 4.78 is 16.0. The zero-order chi connectivity index (χ0) is 17.8. The van der Waals surface area contributed by atoms with Crippen LogP contribution in [0, 0.1) is 6.92 Å². The van der Waals surface area contributed by atoms with E-state index in [2.05, 4.69) is 20.4 Å². The second-order valence-electron chi connectivity index (χ2n) is 5.91. The second-order valence-corrected chi connectivity index (χ2v) is 5.91. The fourth-order valence-electron chi connectivity index (χ4n) is 3.04. The van der Waals surface area contributed by atoms with Crippen molar-refractivity contribution in [2.75, 3.05) is 32.6 Å².